The molecule has 124 valence electrons. The first-order chi connectivity index (χ1) is 11.0. The van der Waals surface area contributed by atoms with E-state index in [1.807, 2.05) is 38.5 Å². The molecule has 0 radical (unpaired) electrons. The second-order valence-electron chi connectivity index (χ2n) is 5.46. The van der Waals surface area contributed by atoms with Crippen molar-refractivity contribution in [2.75, 3.05) is 21.3 Å². The van der Waals surface area contributed by atoms with Gasteiger partial charge in [-0.25, -0.2) is 0 Å². The number of hydrogen-bond donors (Lipinski definition) is 0. The molecule has 0 unspecified atom stereocenters. The summed E-state index contributed by atoms with van der Waals surface area (Å²) in [4.78, 5) is 14.0. The van der Waals surface area contributed by atoms with Gasteiger partial charge in [0.05, 0.1) is 20.4 Å². The molecular weight excluding hydrogens is 294 g/mol. The molecule has 0 atom stereocenters. The fourth-order valence-electron chi connectivity index (χ4n) is 2.39. The lowest BCUT2D eigenvalue weighted by Gasteiger charge is -2.16. The molecule has 23 heavy (non-hydrogen) atoms. The predicted molar refractivity (Wildman–Crippen MR) is 87.5 cm³/mol. The molecule has 0 fully saturated rings. The van der Waals surface area contributed by atoms with Gasteiger partial charge in [0.15, 0.2) is 11.5 Å². The third-order valence-electron chi connectivity index (χ3n) is 3.68. The summed E-state index contributed by atoms with van der Waals surface area (Å²) in [6.07, 6.45) is 4.80. The summed E-state index contributed by atoms with van der Waals surface area (Å²) < 4.78 is 12.2. The highest BCUT2D eigenvalue weighted by molar-refractivity contribution is 5.76. The number of aromatic nitrogens is 2. The summed E-state index contributed by atoms with van der Waals surface area (Å²) in [7, 11) is 6.88. The van der Waals surface area contributed by atoms with E-state index in [2.05, 4.69) is 5.10 Å². The Morgan fingerprint density at radius 3 is 2.57 bits per heavy atom. The van der Waals surface area contributed by atoms with E-state index in [0.29, 0.717) is 30.9 Å². The van der Waals surface area contributed by atoms with Crippen LogP contribution in [0.5, 0.6) is 11.5 Å². The van der Waals surface area contributed by atoms with Gasteiger partial charge in [0.1, 0.15) is 0 Å². The lowest BCUT2D eigenvalue weighted by atomic mass is 10.1. The van der Waals surface area contributed by atoms with E-state index in [9.17, 15) is 4.79 Å². The van der Waals surface area contributed by atoms with Crippen molar-refractivity contribution in [2.45, 2.75) is 19.4 Å². The second kappa shape index (κ2) is 7.67. The van der Waals surface area contributed by atoms with Crippen molar-refractivity contribution in [3.8, 4) is 11.5 Å². The summed E-state index contributed by atoms with van der Waals surface area (Å²) in [6.45, 7) is 0.568. The molecule has 1 amide bonds. The molecule has 2 rings (SSSR count). The summed E-state index contributed by atoms with van der Waals surface area (Å²) in [6, 6.07) is 5.72. The Morgan fingerprint density at radius 2 is 1.96 bits per heavy atom. The number of aryl methyl sites for hydroxylation is 2. The molecule has 0 saturated carbocycles. The fourth-order valence-corrected chi connectivity index (χ4v) is 2.39. The number of amides is 1. The van der Waals surface area contributed by atoms with Gasteiger partial charge in [0.25, 0.3) is 0 Å². The van der Waals surface area contributed by atoms with Gasteiger partial charge in [0.2, 0.25) is 5.91 Å². The van der Waals surface area contributed by atoms with E-state index < -0.39 is 0 Å². The maximum absolute atomic E-state index is 12.2. The number of ether oxygens (including phenoxy) is 2. The Morgan fingerprint density at radius 1 is 1.22 bits per heavy atom. The summed E-state index contributed by atoms with van der Waals surface area (Å²) in [5.41, 5.74) is 2.07. The standard InChI is InChI=1S/C17H23N3O3/c1-19(11-14-10-18-20(2)12-14)17(21)8-6-13-5-7-15(22-3)16(9-13)23-4/h5,7,9-10,12H,6,8,11H2,1-4H3. The molecule has 0 saturated heterocycles. The van der Waals surface area contributed by atoms with Crippen LogP contribution >= 0.6 is 0 Å². The van der Waals surface area contributed by atoms with E-state index in [-0.39, 0.29) is 5.91 Å². The van der Waals surface area contributed by atoms with Crippen molar-refractivity contribution < 1.29 is 14.3 Å². The minimum Gasteiger partial charge on any atom is -0.493 e. The third-order valence-corrected chi connectivity index (χ3v) is 3.68. The van der Waals surface area contributed by atoms with Crippen molar-refractivity contribution in [1.82, 2.24) is 14.7 Å². The maximum Gasteiger partial charge on any atom is 0.222 e. The zero-order chi connectivity index (χ0) is 16.8. The van der Waals surface area contributed by atoms with Crippen LogP contribution in [-0.4, -0.2) is 41.9 Å². The summed E-state index contributed by atoms with van der Waals surface area (Å²) in [5, 5.41) is 4.11. The molecule has 6 heteroatoms. The topological polar surface area (TPSA) is 56.6 Å². The van der Waals surface area contributed by atoms with Crippen LogP contribution in [0.2, 0.25) is 0 Å². The van der Waals surface area contributed by atoms with Crippen LogP contribution in [0.3, 0.4) is 0 Å². The average molecular weight is 317 g/mol. The first-order valence-electron chi connectivity index (χ1n) is 7.46. The largest absolute Gasteiger partial charge is 0.493 e. The molecule has 0 aliphatic heterocycles. The van der Waals surface area contributed by atoms with E-state index >= 15 is 0 Å². The molecule has 0 spiro atoms. The predicted octanol–water partition coefficient (Wildman–Crippen LogP) is 2.03. The highest BCUT2D eigenvalue weighted by Crippen LogP contribution is 2.28. The smallest absolute Gasteiger partial charge is 0.222 e. The van der Waals surface area contributed by atoms with Gasteiger partial charge in [-0.1, -0.05) is 6.07 Å². The minimum absolute atomic E-state index is 0.101. The van der Waals surface area contributed by atoms with Crippen molar-refractivity contribution >= 4 is 5.91 Å². The van der Waals surface area contributed by atoms with Crippen molar-refractivity contribution in [3.63, 3.8) is 0 Å². The van der Waals surface area contributed by atoms with Crippen LogP contribution in [0, 0.1) is 0 Å². The lowest BCUT2D eigenvalue weighted by molar-refractivity contribution is -0.130. The Hall–Kier alpha value is -2.50. The van der Waals surface area contributed by atoms with E-state index in [1.54, 1.807) is 30.0 Å². The molecule has 0 N–H and O–H groups in total. The first kappa shape index (κ1) is 16.9. The van der Waals surface area contributed by atoms with Gasteiger partial charge in [-0.15, -0.1) is 0 Å². The van der Waals surface area contributed by atoms with Crippen LogP contribution in [0.25, 0.3) is 0 Å². The van der Waals surface area contributed by atoms with Gasteiger partial charge < -0.3 is 14.4 Å². The van der Waals surface area contributed by atoms with Crippen LogP contribution in [0.1, 0.15) is 17.5 Å². The van der Waals surface area contributed by atoms with E-state index in [0.717, 1.165) is 11.1 Å². The van der Waals surface area contributed by atoms with Gasteiger partial charge in [-0.05, 0) is 24.1 Å². The highest BCUT2D eigenvalue weighted by atomic mass is 16.5. The monoisotopic (exact) mass is 317 g/mol. The van der Waals surface area contributed by atoms with Crippen molar-refractivity contribution in [1.29, 1.82) is 0 Å². The quantitative estimate of drug-likeness (QED) is 0.784. The number of rotatable bonds is 7. The average Bonchev–Trinajstić information content (AvgIpc) is 2.96. The molecule has 6 nitrogen and oxygen atoms in total. The normalized spacial score (nSPS) is 10.4. The Balaban J connectivity index is 1.90. The number of carbonyl (C=O) groups is 1. The minimum atomic E-state index is 0.101. The lowest BCUT2D eigenvalue weighted by Crippen LogP contribution is -2.26. The van der Waals surface area contributed by atoms with Crippen LogP contribution in [-0.2, 0) is 24.8 Å². The fraction of sp³-hybridized carbons (Fsp3) is 0.412. The molecule has 0 bridgehead atoms. The molecule has 0 aliphatic rings. The molecule has 1 aromatic heterocycles. The van der Waals surface area contributed by atoms with Crippen LogP contribution < -0.4 is 9.47 Å². The number of methoxy groups -OCH3 is 2. The van der Waals surface area contributed by atoms with E-state index in [1.165, 1.54) is 0 Å². The molecular formula is C17H23N3O3. The summed E-state index contributed by atoms with van der Waals surface area (Å²) in [5.74, 6) is 1.47. The van der Waals surface area contributed by atoms with Gasteiger partial charge in [-0.3, -0.25) is 9.48 Å². The Kier molecular flexibility index (Phi) is 5.62. The van der Waals surface area contributed by atoms with E-state index in [4.69, 9.17) is 9.47 Å². The zero-order valence-electron chi connectivity index (χ0n) is 14.1. The Labute approximate surface area is 136 Å². The molecule has 0 aliphatic carbocycles. The Bertz CT molecular complexity index is 667. The van der Waals surface area contributed by atoms with Gasteiger partial charge in [-0.2, -0.15) is 5.10 Å². The molecule has 1 heterocycles. The van der Waals surface area contributed by atoms with Crippen LogP contribution in [0.4, 0.5) is 0 Å². The number of benzene rings is 1. The van der Waals surface area contributed by atoms with Crippen molar-refractivity contribution in [3.05, 3.63) is 41.7 Å². The first-order valence-corrected chi connectivity index (χ1v) is 7.46. The molecule has 1 aromatic carbocycles. The van der Waals surface area contributed by atoms with Gasteiger partial charge >= 0.3 is 0 Å². The third kappa shape index (κ3) is 4.48. The second-order valence-corrected chi connectivity index (χ2v) is 5.46. The maximum atomic E-state index is 12.2. The highest BCUT2D eigenvalue weighted by Gasteiger charge is 2.11. The van der Waals surface area contributed by atoms with Crippen LogP contribution in [0.15, 0.2) is 30.6 Å². The molecule has 2 aromatic rings. The SMILES string of the molecule is COc1ccc(CCC(=O)N(C)Cc2cnn(C)c2)cc1OC. The number of hydrogen-bond acceptors (Lipinski definition) is 4. The summed E-state index contributed by atoms with van der Waals surface area (Å²) >= 11 is 0. The van der Waals surface area contributed by atoms with Crippen molar-refractivity contribution in [2.24, 2.45) is 7.05 Å². The number of nitrogens with zero attached hydrogens (tertiary/aromatic N) is 3. The number of carbonyl (C=O) groups excluding carboxylic acids is 1. The zero-order valence-corrected chi connectivity index (χ0v) is 14.1. The van der Waals surface area contributed by atoms with Gasteiger partial charge in [0, 0.05) is 38.8 Å².